The van der Waals surface area contributed by atoms with Crippen LogP contribution >= 0.6 is 34.4 Å². The highest BCUT2D eigenvalue weighted by Gasteiger charge is 2.36. The third kappa shape index (κ3) is 2.99. The Hall–Kier alpha value is -0.490. The summed E-state index contributed by atoms with van der Waals surface area (Å²) in [6.45, 7) is 6.36. The zero-order valence-corrected chi connectivity index (χ0v) is 14.4. The number of carbonyl (C=O) groups excluding carboxylic acids is 1. The van der Waals surface area contributed by atoms with Gasteiger partial charge < -0.3 is 0 Å². The van der Waals surface area contributed by atoms with Crippen molar-refractivity contribution < 1.29 is 4.79 Å². The lowest BCUT2D eigenvalue weighted by atomic mass is 10.0. The average Bonchev–Trinajstić information content (AvgIpc) is 2.82. The van der Waals surface area contributed by atoms with E-state index in [0.717, 1.165) is 19.9 Å². The molecule has 0 N–H and O–H groups in total. The van der Waals surface area contributed by atoms with Crippen LogP contribution in [0.25, 0.3) is 0 Å². The molecule has 0 aromatic heterocycles. The van der Waals surface area contributed by atoms with Crippen LogP contribution in [0.15, 0.2) is 35.4 Å². The van der Waals surface area contributed by atoms with Crippen LogP contribution < -0.4 is 0 Å². The first-order chi connectivity index (χ1) is 9.06. The molecule has 2 nitrogen and oxygen atoms in total. The van der Waals surface area contributed by atoms with Gasteiger partial charge in [0.1, 0.15) is 0 Å². The van der Waals surface area contributed by atoms with E-state index in [9.17, 15) is 4.79 Å². The van der Waals surface area contributed by atoms with Crippen LogP contribution in [-0.4, -0.2) is 22.6 Å². The Bertz CT molecular complexity index is 513. The molecule has 19 heavy (non-hydrogen) atoms. The van der Waals surface area contributed by atoms with Gasteiger partial charge in [-0.2, -0.15) is 0 Å². The quantitative estimate of drug-likeness (QED) is 0.703. The Balaban J connectivity index is 2.37. The van der Waals surface area contributed by atoms with Crippen molar-refractivity contribution in [3.8, 4) is 0 Å². The van der Waals surface area contributed by atoms with Crippen LogP contribution in [-0.2, 0) is 0 Å². The number of carbonyl (C=O) groups is 1. The van der Waals surface area contributed by atoms with E-state index in [0.29, 0.717) is 12.0 Å². The van der Waals surface area contributed by atoms with Crippen molar-refractivity contribution in [3.05, 3.63) is 44.5 Å². The minimum Gasteiger partial charge on any atom is -0.299 e. The molecular weight excluding hydrogens is 369 g/mol. The zero-order valence-electron chi connectivity index (χ0n) is 11.4. The van der Waals surface area contributed by atoms with Crippen molar-refractivity contribution in [1.29, 1.82) is 0 Å². The monoisotopic (exact) mass is 387 g/mol. The van der Waals surface area contributed by atoms with Crippen molar-refractivity contribution >= 4 is 40.3 Å². The molecule has 4 heteroatoms. The summed E-state index contributed by atoms with van der Waals surface area (Å²) in [5, 5.41) is 1.09. The third-order valence-electron chi connectivity index (χ3n) is 3.31. The molecule has 0 aliphatic carbocycles. The fourth-order valence-corrected chi connectivity index (χ4v) is 4.22. The smallest absolute Gasteiger partial charge is 0.260 e. The van der Waals surface area contributed by atoms with Gasteiger partial charge in [-0.1, -0.05) is 32.1 Å². The summed E-state index contributed by atoms with van der Waals surface area (Å²) in [6.07, 6.45) is 2.04. The summed E-state index contributed by atoms with van der Waals surface area (Å²) >= 11 is 4.01. The van der Waals surface area contributed by atoms with Gasteiger partial charge in [-0.15, -0.1) is 11.8 Å². The van der Waals surface area contributed by atoms with Gasteiger partial charge in [-0.25, -0.2) is 0 Å². The van der Waals surface area contributed by atoms with Crippen LogP contribution in [0.4, 0.5) is 0 Å². The van der Waals surface area contributed by atoms with Crippen molar-refractivity contribution in [2.24, 2.45) is 5.92 Å². The number of amides is 1. The maximum absolute atomic E-state index is 12.8. The van der Waals surface area contributed by atoms with Crippen molar-refractivity contribution in [3.63, 3.8) is 0 Å². The molecule has 102 valence electrons. The zero-order chi connectivity index (χ0) is 14.0. The number of rotatable bonds is 2. The van der Waals surface area contributed by atoms with Gasteiger partial charge in [0.25, 0.3) is 5.91 Å². The summed E-state index contributed by atoms with van der Waals surface area (Å²) in [5.41, 5.74) is 0.801. The van der Waals surface area contributed by atoms with Gasteiger partial charge in [0, 0.05) is 15.4 Å². The van der Waals surface area contributed by atoms with E-state index in [1.165, 1.54) is 0 Å². The van der Waals surface area contributed by atoms with Gasteiger partial charge in [0.2, 0.25) is 0 Å². The second-order valence-corrected chi connectivity index (χ2v) is 7.11. The van der Waals surface area contributed by atoms with Gasteiger partial charge in [-0.05, 0) is 47.6 Å². The maximum atomic E-state index is 12.8. The topological polar surface area (TPSA) is 20.3 Å². The summed E-state index contributed by atoms with van der Waals surface area (Å²) < 4.78 is 1.01. The molecule has 0 saturated carbocycles. The van der Waals surface area contributed by atoms with E-state index in [1.807, 2.05) is 42.2 Å². The van der Waals surface area contributed by atoms with Crippen LogP contribution in [0.1, 0.15) is 31.1 Å². The van der Waals surface area contributed by atoms with Crippen LogP contribution in [0, 0.1) is 9.49 Å². The fraction of sp³-hybridized carbons (Fsp3) is 0.400. The summed E-state index contributed by atoms with van der Waals surface area (Å²) in [4.78, 5) is 14.8. The van der Waals surface area contributed by atoms with Gasteiger partial charge >= 0.3 is 0 Å². The molecule has 1 fully saturated rings. The van der Waals surface area contributed by atoms with E-state index >= 15 is 0 Å². The molecule has 0 unspecified atom stereocenters. The molecule has 1 aliphatic heterocycles. The Morgan fingerprint density at radius 2 is 2.16 bits per heavy atom. The predicted molar refractivity (Wildman–Crippen MR) is 90.2 cm³/mol. The molecule has 0 radical (unpaired) electrons. The molecule has 1 aromatic carbocycles. The van der Waals surface area contributed by atoms with E-state index in [-0.39, 0.29) is 5.91 Å². The minimum absolute atomic E-state index is 0.127. The molecule has 1 saturated heterocycles. The highest BCUT2D eigenvalue weighted by molar-refractivity contribution is 14.1. The molecule has 1 aromatic rings. The Morgan fingerprint density at radius 3 is 2.74 bits per heavy atom. The molecule has 1 heterocycles. The van der Waals surface area contributed by atoms with Gasteiger partial charge in [0.05, 0.1) is 10.6 Å². The van der Waals surface area contributed by atoms with Gasteiger partial charge in [0.15, 0.2) is 0 Å². The molecule has 0 bridgehead atoms. The minimum atomic E-state index is 0.127. The first-order valence-corrected chi connectivity index (χ1v) is 8.50. The van der Waals surface area contributed by atoms with Crippen molar-refractivity contribution in [2.45, 2.75) is 26.8 Å². The lowest BCUT2D eigenvalue weighted by Crippen LogP contribution is -2.39. The molecule has 1 atom stereocenters. The second kappa shape index (κ2) is 6.31. The van der Waals surface area contributed by atoms with Crippen molar-refractivity contribution in [1.82, 2.24) is 4.90 Å². The molecular formula is C15H18INOS. The Labute approximate surface area is 132 Å². The van der Waals surface area contributed by atoms with E-state index in [2.05, 4.69) is 36.4 Å². The number of hydrogen-bond donors (Lipinski definition) is 0. The third-order valence-corrected chi connectivity index (χ3v) is 5.49. The van der Waals surface area contributed by atoms with Crippen LogP contribution in [0.5, 0.6) is 0 Å². The lowest BCUT2D eigenvalue weighted by Gasteiger charge is -2.28. The Morgan fingerprint density at radius 1 is 1.47 bits per heavy atom. The number of benzene rings is 1. The molecule has 1 aliphatic rings. The first-order valence-electron chi connectivity index (χ1n) is 6.43. The fourth-order valence-electron chi connectivity index (χ4n) is 2.21. The van der Waals surface area contributed by atoms with E-state index < -0.39 is 0 Å². The largest absolute Gasteiger partial charge is 0.299 e. The molecule has 1 amide bonds. The van der Waals surface area contributed by atoms with Crippen LogP contribution in [0.3, 0.4) is 0 Å². The number of allylic oxidation sites excluding steroid dienone is 1. The molecule has 2 rings (SSSR count). The maximum Gasteiger partial charge on any atom is 0.260 e. The lowest BCUT2D eigenvalue weighted by molar-refractivity contribution is 0.0753. The van der Waals surface area contributed by atoms with Gasteiger partial charge in [-0.3, -0.25) is 9.69 Å². The standard InChI is InChI=1S/C15H18INOS/c1-4-14-17(13(9-19-14)10(2)3)15(18)11-7-5-6-8-12(11)16/h4-8,10,13H,9H2,1-3H3/b14-4-/t13-/m1/s1. The first kappa shape index (κ1) is 14.9. The summed E-state index contributed by atoms with van der Waals surface area (Å²) in [6, 6.07) is 8.08. The van der Waals surface area contributed by atoms with Crippen molar-refractivity contribution in [2.75, 3.05) is 5.75 Å². The number of nitrogens with zero attached hydrogens (tertiary/aromatic N) is 1. The number of halogens is 1. The predicted octanol–water partition coefficient (Wildman–Crippen LogP) is 4.37. The van der Waals surface area contributed by atoms with E-state index in [1.54, 1.807) is 11.8 Å². The number of thioether (sulfide) groups is 1. The molecule has 0 spiro atoms. The second-order valence-electron chi connectivity index (χ2n) is 4.90. The Kier molecular flexibility index (Phi) is 4.95. The summed E-state index contributed by atoms with van der Waals surface area (Å²) in [5.74, 6) is 1.59. The van der Waals surface area contributed by atoms with E-state index in [4.69, 9.17) is 0 Å². The van der Waals surface area contributed by atoms with Crippen LogP contribution in [0.2, 0.25) is 0 Å². The highest BCUT2D eigenvalue weighted by Crippen LogP contribution is 2.37. The normalized spacial score (nSPS) is 21.4. The number of hydrogen-bond acceptors (Lipinski definition) is 2. The highest BCUT2D eigenvalue weighted by atomic mass is 127. The average molecular weight is 387 g/mol. The summed E-state index contributed by atoms with van der Waals surface area (Å²) in [7, 11) is 0. The SMILES string of the molecule is C/C=C1\SC[C@H](C(C)C)N1C(=O)c1ccccc1I.